The molecule has 2 aromatic carbocycles. The zero-order valence-electron chi connectivity index (χ0n) is 13.8. The van der Waals surface area contributed by atoms with Crippen molar-refractivity contribution in [2.75, 3.05) is 5.32 Å². The summed E-state index contributed by atoms with van der Waals surface area (Å²) in [7, 11) is -3.68. The van der Waals surface area contributed by atoms with Crippen molar-refractivity contribution < 1.29 is 8.42 Å². The first-order chi connectivity index (χ1) is 11.3. The minimum absolute atomic E-state index is 0.172. The molecule has 3 N–H and O–H groups in total. The number of sulfonamides is 1. The molecule has 2 aromatic rings. The largest absolute Gasteiger partial charge is 0.331 e. The van der Waals surface area contributed by atoms with Gasteiger partial charge in [0.1, 0.15) is 0 Å². The second kappa shape index (κ2) is 7.74. The van der Waals surface area contributed by atoms with E-state index in [-0.39, 0.29) is 10.0 Å². The van der Waals surface area contributed by atoms with Gasteiger partial charge in [0.25, 0.3) is 10.0 Å². The van der Waals surface area contributed by atoms with Crippen LogP contribution in [0, 0.1) is 6.92 Å². The van der Waals surface area contributed by atoms with Crippen LogP contribution in [0.4, 0.5) is 5.69 Å². The third-order valence-corrected chi connectivity index (χ3v) is 4.93. The maximum Gasteiger partial charge on any atom is 0.257 e. The summed E-state index contributed by atoms with van der Waals surface area (Å²) in [5.41, 5.74) is 5.47. The average Bonchev–Trinajstić information content (AvgIpc) is 2.54. The van der Waals surface area contributed by atoms with Crippen LogP contribution >= 0.6 is 12.2 Å². The van der Waals surface area contributed by atoms with Gasteiger partial charge in [0, 0.05) is 5.69 Å². The molecule has 0 unspecified atom stereocenters. The molecule has 0 aliphatic heterocycles. The molecular formula is C17H21N3O2S2. The van der Waals surface area contributed by atoms with Crippen molar-refractivity contribution in [2.45, 2.75) is 31.6 Å². The van der Waals surface area contributed by atoms with Crippen molar-refractivity contribution in [3.05, 3.63) is 59.7 Å². The fourth-order valence-corrected chi connectivity index (χ4v) is 3.23. The van der Waals surface area contributed by atoms with E-state index in [0.717, 1.165) is 16.8 Å². The number of thiocarbonyl (C=S) groups is 1. The number of aryl methyl sites for hydroxylation is 1. The van der Waals surface area contributed by atoms with Crippen molar-refractivity contribution in [1.29, 1.82) is 0 Å². The molecule has 0 amide bonds. The molecule has 7 heteroatoms. The van der Waals surface area contributed by atoms with Crippen LogP contribution in [-0.4, -0.2) is 13.5 Å². The minimum Gasteiger partial charge on any atom is -0.331 e. The summed E-state index contributed by atoms with van der Waals surface area (Å²) >= 11 is 5.17. The predicted molar refractivity (Wildman–Crippen MR) is 101 cm³/mol. The number of para-hydroxylation sites is 1. The Hall–Kier alpha value is -1.96. The first-order valence-electron chi connectivity index (χ1n) is 7.54. The monoisotopic (exact) mass is 363 g/mol. The molecule has 0 saturated carbocycles. The second-order valence-electron chi connectivity index (χ2n) is 5.74. The van der Waals surface area contributed by atoms with E-state index >= 15 is 0 Å². The van der Waals surface area contributed by atoms with E-state index in [4.69, 9.17) is 12.2 Å². The number of hydrogen-bond acceptors (Lipinski definition) is 3. The van der Waals surface area contributed by atoms with Crippen LogP contribution in [0.2, 0.25) is 0 Å². The van der Waals surface area contributed by atoms with Crippen molar-refractivity contribution in [2.24, 2.45) is 0 Å². The number of nitrogens with one attached hydrogen (secondary N) is 3. The van der Waals surface area contributed by atoms with Crippen LogP contribution in [0.3, 0.4) is 0 Å². The molecule has 0 aromatic heterocycles. The highest BCUT2D eigenvalue weighted by Crippen LogP contribution is 2.23. The summed E-state index contributed by atoms with van der Waals surface area (Å²) < 4.78 is 24.4. The topological polar surface area (TPSA) is 70.2 Å². The number of rotatable bonds is 5. The summed E-state index contributed by atoms with van der Waals surface area (Å²) in [6.45, 7) is 6.06. The minimum atomic E-state index is -3.68. The third kappa shape index (κ3) is 4.77. The quantitative estimate of drug-likeness (QED) is 0.562. The highest BCUT2D eigenvalue weighted by molar-refractivity contribution is 7.89. The molecule has 2 rings (SSSR count). The van der Waals surface area contributed by atoms with Gasteiger partial charge in [-0.15, -0.1) is 4.83 Å². The number of hydrogen-bond donors (Lipinski definition) is 3. The van der Waals surface area contributed by atoms with E-state index in [1.165, 1.54) is 0 Å². The third-order valence-electron chi connectivity index (χ3n) is 3.46. The molecule has 0 bridgehead atoms. The molecule has 0 aliphatic carbocycles. The highest BCUT2D eigenvalue weighted by Gasteiger charge is 2.14. The summed E-state index contributed by atoms with van der Waals surface area (Å²) in [6.07, 6.45) is 0. The fourth-order valence-electron chi connectivity index (χ4n) is 2.16. The van der Waals surface area contributed by atoms with E-state index < -0.39 is 10.0 Å². The summed E-state index contributed by atoms with van der Waals surface area (Å²) in [4.78, 5) is 2.45. The zero-order chi connectivity index (χ0) is 17.7. The summed E-state index contributed by atoms with van der Waals surface area (Å²) in [6, 6.07) is 14.3. The Bertz CT molecular complexity index is 816. The van der Waals surface area contributed by atoms with Gasteiger partial charge < -0.3 is 5.32 Å². The zero-order valence-corrected chi connectivity index (χ0v) is 15.5. The lowest BCUT2D eigenvalue weighted by Crippen LogP contribution is -2.43. The van der Waals surface area contributed by atoms with Crippen LogP contribution in [0.25, 0.3) is 0 Å². The van der Waals surface area contributed by atoms with E-state index in [2.05, 4.69) is 29.4 Å². The van der Waals surface area contributed by atoms with Gasteiger partial charge in [-0.3, -0.25) is 5.43 Å². The molecule has 0 aliphatic rings. The standard InChI is InChI=1S/C17H21N3O2S2/c1-12(2)15-6-4-5-7-16(15)18-17(23)19-20-24(21,22)14-10-8-13(3)9-11-14/h4-12,20H,1-3H3,(H2,18,19,23). The van der Waals surface area contributed by atoms with E-state index in [9.17, 15) is 8.42 Å². The van der Waals surface area contributed by atoms with Gasteiger partial charge in [0.15, 0.2) is 5.11 Å². The average molecular weight is 364 g/mol. The number of benzene rings is 2. The Labute approximate surface area is 148 Å². The van der Waals surface area contributed by atoms with Crippen LogP contribution < -0.4 is 15.6 Å². The molecule has 0 atom stereocenters. The van der Waals surface area contributed by atoms with Gasteiger partial charge >= 0.3 is 0 Å². The van der Waals surface area contributed by atoms with Crippen LogP contribution in [-0.2, 0) is 10.0 Å². The summed E-state index contributed by atoms with van der Waals surface area (Å²) in [5, 5.41) is 3.20. The summed E-state index contributed by atoms with van der Waals surface area (Å²) in [5.74, 6) is 0.320. The van der Waals surface area contributed by atoms with Gasteiger partial charge in [0.2, 0.25) is 0 Å². The molecule has 0 heterocycles. The van der Waals surface area contributed by atoms with Crippen molar-refractivity contribution in [1.82, 2.24) is 10.3 Å². The maximum atomic E-state index is 12.2. The molecule has 0 radical (unpaired) electrons. The van der Waals surface area contributed by atoms with Crippen LogP contribution in [0.5, 0.6) is 0 Å². The Kier molecular flexibility index (Phi) is 5.93. The lowest BCUT2D eigenvalue weighted by Gasteiger charge is -2.16. The van der Waals surface area contributed by atoms with Crippen molar-refractivity contribution in [3.63, 3.8) is 0 Å². The first-order valence-corrected chi connectivity index (χ1v) is 9.43. The van der Waals surface area contributed by atoms with Gasteiger partial charge in [-0.05, 0) is 48.8 Å². The highest BCUT2D eigenvalue weighted by atomic mass is 32.2. The van der Waals surface area contributed by atoms with Crippen LogP contribution in [0.1, 0.15) is 30.9 Å². The first kappa shape index (κ1) is 18.4. The molecule has 5 nitrogen and oxygen atoms in total. The Balaban J connectivity index is 2.02. The van der Waals surface area contributed by atoms with Gasteiger partial charge in [-0.1, -0.05) is 49.7 Å². The van der Waals surface area contributed by atoms with E-state index in [0.29, 0.717) is 5.92 Å². The molecule has 0 fully saturated rings. The lowest BCUT2D eigenvalue weighted by molar-refractivity contribution is 0.578. The lowest BCUT2D eigenvalue weighted by atomic mass is 10.0. The van der Waals surface area contributed by atoms with E-state index in [1.807, 2.05) is 31.2 Å². The van der Waals surface area contributed by atoms with E-state index in [1.54, 1.807) is 24.3 Å². The van der Waals surface area contributed by atoms with Gasteiger partial charge in [-0.25, -0.2) is 8.42 Å². The molecular weight excluding hydrogens is 342 g/mol. The molecule has 0 saturated heterocycles. The van der Waals surface area contributed by atoms with Crippen molar-refractivity contribution >= 4 is 33.0 Å². The molecule has 128 valence electrons. The van der Waals surface area contributed by atoms with Gasteiger partial charge in [0.05, 0.1) is 4.90 Å². The van der Waals surface area contributed by atoms with Gasteiger partial charge in [-0.2, -0.15) is 0 Å². The molecule has 24 heavy (non-hydrogen) atoms. The predicted octanol–water partition coefficient (Wildman–Crippen LogP) is 3.30. The molecule has 0 spiro atoms. The Morgan fingerprint density at radius 1 is 1.04 bits per heavy atom. The maximum absolute atomic E-state index is 12.2. The van der Waals surface area contributed by atoms with Crippen molar-refractivity contribution in [3.8, 4) is 0 Å². The normalized spacial score (nSPS) is 11.3. The Morgan fingerprint density at radius 3 is 2.29 bits per heavy atom. The number of anilines is 1. The fraction of sp³-hybridized carbons (Fsp3) is 0.235. The smallest absolute Gasteiger partial charge is 0.257 e. The van der Waals surface area contributed by atoms with Crippen LogP contribution in [0.15, 0.2) is 53.4 Å². The second-order valence-corrected chi connectivity index (χ2v) is 7.83. The number of hydrazine groups is 1. The Morgan fingerprint density at radius 2 is 1.67 bits per heavy atom. The SMILES string of the molecule is Cc1ccc(S(=O)(=O)NNC(=S)Nc2ccccc2C(C)C)cc1.